The van der Waals surface area contributed by atoms with Crippen molar-refractivity contribution < 1.29 is 5.11 Å². The standard InChI is InChI=1S/C11H21N3O/c1-4-11(5-2,8-15)13-7-10-6-12-9(3)14-10/h6,13,15H,4-5,7-8H2,1-3H3,(H,12,14). The lowest BCUT2D eigenvalue weighted by Gasteiger charge is -2.30. The summed E-state index contributed by atoms with van der Waals surface area (Å²) in [5.74, 6) is 0.925. The van der Waals surface area contributed by atoms with E-state index in [-0.39, 0.29) is 12.1 Å². The zero-order valence-corrected chi connectivity index (χ0v) is 9.80. The number of nitrogens with zero attached hydrogens (tertiary/aromatic N) is 1. The van der Waals surface area contributed by atoms with Gasteiger partial charge in [0.15, 0.2) is 0 Å². The van der Waals surface area contributed by atoms with Gasteiger partial charge in [0.05, 0.1) is 6.61 Å². The summed E-state index contributed by atoms with van der Waals surface area (Å²) in [7, 11) is 0. The van der Waals surface area contributed by atoms with Gasteiger partial charge in [-0.1, -0.05) is 13.8 Å². The third kappa shape index (κ3) is 3.04. The molecule has 0 aliphatic rings. The van der Waals surface area contributed by atoms with Crippen LogP contribution in [0.15, 0.2) is 6.20 Å². The topological polar surface area (TPSA) is 60.9 Å². The van der Waals surface area contributed by atoms with Crippen LogP contribution < -0.4 is 5.32 Å². The van der Waals surface area contributed by atoms with Gasteiger partial charge in [0.1, 0.15) is 5.82 Å². The molecular weight excluding hydrogens is 190 g/mol. The molecule has 1 aromatic rings. The van der Waals surface area contributed by atoms with Gasteiger partial charge in [-0.05, 0) is 19.8 Å². The number of aryl methyl sites for hydroxylation is 1. The van der Waals surface area contributed by atoms with Gasteiger partial charge in [-0.2, -0.15) is 0 Å². The van der Waals surface area contributed by atoms with Gasteiger partial charge in [-0.3, -0.25) is 0 Å². The highest BCUT2D eigenvalue weighted by Gasteiger charge is 2.24. The SMILES string of the molecule is CCC(CC)(CO)NCc1cnc(C)[nH]1. The summed E-state index contributed by atoms with van der Waals surface area (Å²) in [6.07, 6.45) is 3.68. The number of hydrogen-bond donors (Lipinski definition) is 3. The van der Waals surface area contributed by atoms with Crippen molar-refractivity contribution in [2.24, 2.45) is 0 Å². The Balaban J connectivity index is 2.54. The summed E-state index contributed by atoms with van der Waals surface area (Å²) in [6.45, 7) is 7.01. The number of H-pyrrole nitrogens is 1. The number of hydrogen-bond acceptors (Lipinski definition) is 3. The van der Waals surface area contributed by atoms with Crippen LogP contribution in [0, 0.1) is 6.92 Å². The van der Waals surface area contributed by atoms with E-state index in [9.17, 15) is 5.11 Å². The number of imidazole rings is 1. The monoisotopic (exact) mass is 211 g/mol. The van der Waals surface area contributed by atoms with E-state index < -0.39 is 0 Å². The summed E-state index contributed by atoms with van der Waals surface area (Å²) in [5, 5.41) is 12.8. The molecule has 0 aliphatic heterocycles. The zero-order valence-electron chi connectivity index (χ0n) is 9.80. The lowest BCUT2D eigenvalue weighted by molar-refractivity contribution is 0.149. The van der Waals surface area contributed by atoms with Crippen molar-refractivity contribution in [2.75, 3.05) is 6.61 Å². The molecule has 0 fully saturated rings. The molecule has 0 aromatic carbocycles. The van der Waals surface area contributed by atoms with Crippen molar-refractivity contribution in [3.63, 3.8) is 0 Å². The smallest absolute Gasteiger partial charge is 0.103 e. The Morgan fingerprint density at radius 3 is 2.53 bits per heavy atom. The normalized spacial score (nSPS) is 12.0. The summed E-state index contributed by atoms with van der Waals surface area (Å²) < 4.78 is 0. The van der Waals surface area contributed by atoms with Crippen LogP contribution in [0.3, 0.4) is 0 Å². The number of aromatic nitrogens is 2. The highest BCUT2D eigenvalue weighted by atomic mass is 16.3. The third-order valence-corrected chi connectivity index (χ3v) is 3.07. The van der Waals surface area contributed by atoms with Crippen LogP contribution in [-0.4, -0.2) is 27.2 Å². The lowest BCUT2D eigenvalue weighted by Crippen LogP contribution is -2.47. The van der Waals surface area contributed by atoms with Crippen molar-refractivity contribution in [3.8, 4) is 0 Å². The zero-order chi connectivity index (χ0) is 11.3. The third-order valence-electron chi connectivity index (χ3n) is 3.07. The van der Waals surface area contributed by atoms with Gasteiger partial charge in [0.25, 0.3) is 0 Å². The number of rotatable bonds is 6. The lowest BCUT2D eigenvalue weighted by atomic mass is 9.94. The molecule has 4 heteroatoms. The Kier molecular flexibility index (Phi) is 4.29. The van der Waals surface area contributed by atoms with Crippen LogP contribution in [0.4, 0.5) is 0 Å². The minimum atomic E-state index is -0.154. The predicted octanol–water partition coefficient (Wildman–Crippen LogP) is 1.36. The average molecular weight is 211 g/mol. The quantitative estimate of drug-likeness (QED) is 0.666. The Hall–Kier alpha value is -0.870. The van der Waals surface area contributed by atoms with E-state index in [1.807, 2.05) is 13.1 Å². The molecule has 0 spiro atoms. The van der Waals surface area contributed by atoms with Gasteiger partial charge in [-0.15, -0.1) is 0 Å². The van der Waals surface area contributed by atoms with Crippen molar-refractivity contribution >= 4 is 0 Å². The van der Waals surface area contributed by atoms with Crippen molar-refractivity contribution in [3.05, 3.63) is 17.7 Å². The van der Waals surface area contributed by atoms with Crippen molar-refractivity contribution in [2.45, 2.75) is 45.7 Å². The first-order valence-electron chi connectivity index (χ1n) is 5.52. The van der Waals surface area contributed by atoms with Crippen LogP contribution in [0.1, 0.15) is 38.2 Å². The summed E-state index contributed by atoms with van der Waals surface area (Å²) in [5.41, 5.74) is 0.908. The molecule has 0 saturated carbocycles. The molecule has 0 bridgehead atoms. The van der Waals surface area contributed by atoms with E-state index in [0.717, 1.165) is 30.9 Å². The molecular formula is C11H21N3O. The highest BCUT2D eigenvalue weighted by Crippen LogP contribution is 2.14. The molecule has 0 atom stereocenters. The maximum Gasteiger partial charge on any atom is 0.103 e. The molecule has 1 aromatic heterocycles. The van der Waals surface area contributed by atoms with Crippen molar-refractivity contribution in [1.82, 2.24) is 15.3 Å². The van der Waals surface area contributed by atoms with Crippen LogP contribution in [0.25, 0.3) is 0 Å². The van der Waals surface area contributed by atoms with Crippen LogP contribution in [0.2, 0.25) is 0 Å². The van der Waals surface area contributed by atoms with Gasteiger partial charge >= 0.3 is 0 Å². The molecule has 0 amide bonds. The molecule has 4 nitrogen and oxygen atoms in total. The Bertz CT molecular complexity index is 284. The molecule has 0 radical (unpaired) electrons. The fraction of sp³-hybridized carbons (Fsp3) is 0.727. The number of aliphatic hydroxyl groups is 1. The Labute approximate surface area is 91.1 Å². The fourth-order valence-electron chi connectivity index (χ4n) is 1.62. The van der Waals surface area contributed by atoms with E-state index in [1.165, 1.54) is 0 Å². The van der Waals surface area contributed by atoms with Crippen molar-refractivity contribution in [1.29, 1.82) is 0 Å². The number of aromatic amines is 1. The first-order valence-corrected chi connectivity index (χ1v) is 5.52. The van der Waals surface area contributed by atoms with E-state index in [0.29, 0.717) is 0 Å². The van der Waals surface area contributed by atoms with E-state index in [2.05, 4.69) is 29.1 Å². The molecule has 0 aliphatic carbocycles. The van der Waals surface area contributed by atoms with Crippen LogP contribution >= 0.6 is 0 Å². The summed E-state index contributed by atoms with van der Waals surface area (Å²) in [6, 6.07) is 0. The second kappa shape index (κ2) is 5.28. The fourth-order valence-corrected chi connectivity index (χ4v) is 1.62. The second-order valence-corrected chi connectivity index (χ2v) is 3.99. The van der Waals surface area contributed by atoms with Gasteiger partial charge in [-0.25, -0.2) is 4.98 Å². The van der Waals surface area contributed by atoms with Gasteiger partial charge in [0.2, 0.25) is 0 Å². The summed E-state index contributed by atoms with van der Waals surface area (Å²) >= 11 is 0. The highest BCUT2D eigenvalue weighted by molar-refractivity contribution is 5.00. The van der Waals surface area contributed by atoms with Gasteiger partial charge in [0, 0.05) is 24.0 Å². The van der Waals surface area contributed by atoms with E-state index >= 15 is 0 Å². The van der Waals surface area contributed by atoms with E-state index in [4.69, 9.17) is 0 Å². The first kappa shape index (κ1) is 12.2. The summed E-state index contributed by atoms with van der Waals surface area (Å²) in [4.78, 5) is 7.30. The maximum absolute atomic E-state index is 9.37. The predicted molar refractivity (Wildman–Crippen MR) is 60.6 cm³/mol. The molecule has 86 valence electrons. The molecule has 0 unspecified atom stereocenters. The Morgan fingerprint density at radius 1 is 1.47 bits per heavy atom. The first-order chi connectivity index (χ1) is 7.15. The molecule has 0 saturated heterocycles. The maximum atomic E-state index is 9.37. The second-order valence-electron chi connectivity index (χ2n) is 3.99. The number of aliphatic hydroxyl groups excluding tert-OH is 1. The van der Waals surface area contributed by atoms with E-state index in [1.54, 1.807) is 0 Å². The Morgan fingerprint density at radius 2 is 2.13 bits per heavy atom. The molecule has 1 heterocycles. The average Bonchev–Trinajstić information content (AvgIpc) is 2.67. The molecule has 15 heavy (non-hydrogen) atoms. The molecule has 1 rings (SSSR count). The van der Waals surface area contributed by atoms with Crippen LogP contribution in [-0.2, 0) is 6.54 Å². The minimum absolute atomic E-state index is 0.154. The van der Waals surface area contributed by atoms with Crippen LogP contribution in [0.5, 0.6) is 0 Å². The van der Waals surface area contributed by atoms with Gasteiger partial charge < -0.3 is 15.4 Å². The number of nitrogens with one attached hydrogen (secondary N) is 2. The largest absolute Gasteiger partial charge is 0.394 e. The molecule has 3 N–H and O–H groups in total. The minimum Gasteiger partial charge on any atom is -0.394 e.